The first-order chi connectivity index (χ1) is 16.6. The second-order valence-electron chi connectivity index (χ2n) is 8.26. The van der Waals surface area contributed by atoms with E-state index in [2.05, 4.69) is 15.6 Å². The summed E-state index contributed by atoms with van der Waals surface area (Å²) in [6.45, 7) is 2.64. The van der Waals surface area contributed by atoms with Gasteiger partial charge in [-0.3, -0.25) is 22.9 Å². The van der Waals surface area contributed by atoms with Gasteiger partial charge in [-0.25, -0.2) is 9.36 Å². The first-order valence-corrected chi connectivity index (χ1v) is 13.1. The van der Waals surface area contributed by atoms with Gasteiger partial charge in [0.15, 0.2) is 6.10 Å². The lowest BCUT2D eigenvalue weighted by Gasteiger charge is -2.32. The number of halogens is 2. The van der Waals surface area contributed by atoms with Crippen molar-refractivity contribution in [3.05, 3.63) is 46.5 Å². The molecular weight excluding hydrogens is 509 g/mol. The van der Waals surface area contributed by atoms with E-state index >= 15 is 8.78 Å². The molecule has 1 amide bonds. The van der Waals surface area contributed by atoms with E-state index in [0.717, 1.165) is 16.8 Å². The van der Waals surface area contributed by atoms with Crippen LogP contribution in [0.5, 0.6) is 0 Å². The van der Waals surface area contributed by atoms with Crippen molar-refractivity contribution in [2.45, 2.75) is 49.2 Å². The molecule has 4 heterocycles. The van der Waals surface area contributed by atoms with Crippen LogP contribution < -0.4 is 16.3 Å². The Morgan fingerprint density at radius 2 is 2.20 bits per heavy atom. The molecule has 4 atom stereocenters. The van der Waals surface area contributed by atoms with Crippen LogP contribution in [0.4, 0.5) is 20.3 Å². The molecule has 0 spiro atoms. The van der Waals surface area contributed by atoms with Gasteiger partial charge in [0.2, 0.25) is 6.23 Å². The van der Waals surface area contributed by atoms with Crippen molar-refractivity contribution in [3.8, 4) is 0 Å². The fourth-order valence-corrected chi connectivity index (χ4v) is 6.31. The largest absolute Gasteiger partial charge is 0.475 e. The normalized spacial score (nSPS) is 28.9. The van der Waals surface area contributed by atoms with Crippen LogP contribution in [-0.4, -0.2) is 52.2 Å². The van der Waals surface area contributed by atoms with Gasteiger partial charge in [0.05, 0.1) is 18.6 Å². The summed E-state index contributed by atoms with van der Waals surface area (Å²) in [7, 11) is -4.22. The van der Waals surface area contributed by atoms with Crippen molar-refractivity contribution in [1.29, 1.82) is 0 Å². The maximum atomic E-state index is 15.2. The van der Waals surface area contributed by atoms with E-state index < -0.39 is 56.5 Å². The van der Waals surface area contributed by atoms with Crippen LogP contribution in [-0.2, 0) is 22.9 Å². The minimum absolute atomic E-state index is 0.115. The number of amides is 1. The monoisotopic (exact) mass is 530 g/mol. The van der Waals surface area contributed by atoms with Crippen LogP contribution in [0.1, 0.15) is 30.4 Å². The predicted molar refractivity (Wildman–Crippen MR) is 121 cm³/mol. The maximum Gasteiger partial charge on any atom is 0.475 e. The van der Waals surface area contributed by atoms with Crippen LogP contribution in [0.25, 0.3) is 0 Å². The number of carbonyl (C=O) groups is 1. The lowest BCUT2D eigenvalue weighted by Crippen LogP contribution is -2.45. The summed E-state index contributed by atoms with van der Waals surface area (Å²) in [6.07, 6.45) is -4.88. The molecule has 0 radical (unpaired) electrons. The Labute approximate surface area is 202 Å². The third-order valence-corrected chi connectivity index (χ3v) is 7.96. The van der Waals surface area contributed by atoms with Crippen LogP contribution in [0.15, 0.2) is 40.2 Å². The summed E-state index contributed by atoms with van der Waals surface area (Å²) in [5, 5.41) is 5.64. The summed E-state index contributed by atoms with van der Waals surface area (Å²) >= 11 is 1.55. The van der Waals surface area contributed by atoms with Crippen LogP contribution in [0, 0.1) is 0 Å². The number of benzene rings is 1. The Morgan fingerprint density at radius 3 is 2.94 bits per heavy atom. The molecule has 1 aromatic carbocycles. The molecule has 2 unspecified atom stereocenters. The highest BCUT2D eigenvalue weighted by Crippen LogP contribution is 2.60. The van der Waals surface area contributed by atoms with Crippen LogP contribution in [0.3, 0.4) is 0 Å². The number of fused-ring (bicyclic) bond motifs is 2. The average molecular weight is 530 g/mol. The van der Waals surface area contributed by atoms with Crippen molar-refractivity contribution >= 4 is 37.0 Å². The van der Waals surface area contributed by atoms with E-state index in [4.69, 9.17) is 18.3 Å². The second kappa shape index (κ2) is 8.95. The molecule has 0 aliphatic carbocycles. The molecule has 2 N–H and O–H groups in total. The zero-order chi connectivity index (χ0) is 25.0. The van der Waals surface area contributed by atoms with Gasteiger partial charge in [-0.1, -0.05) is 0 Å². The predicted octanol–water partition coefficient (Wildman–Crippen LogP) is 3.45. The van der Waals surface area contributed by atoms with Gasteiger partial charge in [-0.2, -0.15) is 13.8 Å². The number of ether oxygens (including phenoxy) is 1. The number of carbonyl (C=O) groups excluding carboxylic acids is 1. The Hall–Kier alpha value is -2.35. The number of aromatic nitrogens is 2. The number of rotatable bonds is 5. The quantitative estimate of drug-likeness (QED) is 0.555. The van der Waals surface area contributed by atoms with E-state index in [1.54, 1.807) is 43.8 Å². The van der Waals surface area contributed by atoms with E-state index in [1.165, 1.54) is 6.07 Å². The molecule has 2 fully saturated rings. The number of nitrogens with zero attached hydrogens (tertiary/aromatic N) is 2. The number of nitrogens with one attached hydrogen (secondary N) is 2. The lowest BCUT2D eigenvalue weighted by atomic mass is 10.1. The molecule has 2 saturated heterocycles. The zero-order valence-corrected chi connectivity index (χ0v) is 20.2. The van der Waals surface area contributed by atoms with Gasteiger partial charge in [0.1, 0.15) is 11.9 Å². The molecule has 3 aliphatic rings. The van der Waals surface area contributed by atoms with Crippen molar-refractivity contribution in [1.82, 2.24) is 9.55 Å². The molecule has 5 rings (SSSR count). The van der Waals surface area contributed by atoms with Crippen molar-refractivity contribution in [2.24, 2.45) is 0 Å². The zero-order valence-electron chi connectivity index (χ0n) is 18.5. The van der Waals surface area contributed by atoms with Crippen LogP contribution in [0.2, 0.25) is 0 Å². The minimum Gasteiger partial charge on any atom is -0.375 e. The third-order valence-electron chi connectivity index (χ3n) is 5.39. The highest BCUT2D eigenvalue weighted by atomic mass is 32.2. The topological polar surface area (TPSA) is 130 Å². The highest BCUT2D eigenvalue weighted by Gasteiger charge is 2.65. The van der Waals surface area contributed by atoms with Crippen molar-refractivity contribution in [2.75, 3.05) is 23.1 Å². The second-order valence-corrected chi connectivity index (χ2v) is 10.8. The van der Waals surface area contributed by atoms with Gasteiger partial charge in [-0.05, 0) is 38.1 Å². The Morgan fingerprint density at radius 1 is 1.40 bits per heavy atom. The molecule has 188 valence electrons. The SMILES string of the molecule is CC(C)OP1(=O)OC[C@H]2OC(n3ccc(NC(=O)c4ccc5c(c4)SCN5)nc3=O)C(F)(F)[C@@H]2O1. The number of hydrogen-bond acceptors (Lipinski definition) is 10. The third kappa shape index (κ3) is 4.61. The Kier molecular flexibility index (Phi) is 6.22. The molecule has 3 aliphatic heterocycles. The van der Waals surface area contributed by atoms with Gasteiger partial charge in [0.25, 0.3) is 5.91 Å². The van der Waals surface area contributed by atoms with Gasteiger partial charge < -0.3 is 15.4 Å². The van der Waals surface area contributed by atoms with E-state index in [1.807, 2.05) is 0 Å². The molecule has 2 aromatic rings. The average Bonchev–Trinajstić information content (AvgIpc) is 3.35. The van der Waals surface area contributed by atoms with Crippen molar-refractivity contribution < 1.29 is 36.4 Å². The molecule has 1 aromatic heterocycles. The number of thioether (sulfide) groups is 1. The molecule has 11 nitrogen and oxygen atoms in total. The number of anilines is 2. The van der Waals surface area contributed by atoms with Crippen molar-refractivity contribution in [3.63, 3.8) is 0 Å². The summed E-state index contributed by atoms with van der Waals surface area (Å²) < 4.78 is 63.9. The Bertz CT molecular complexity index is 1280. The fourth-order valence-electron chi connectivity index (χ4n) is 3.85. The maximum absolute atomic E-state index is 15.2. The number of hydrogen-bond donors (Lipinski definition) is 2. The first kappa shape index (κ1) is 24.3. The number of alkyl halides is 2. The summed E-state index contributed by atoms with van der Waals surface area (Å²) in [6, 6.07) is 6.29. The molecular formula is C20H21F2N4O7PS. The summed E-state index contributed by atoms with van der Waals surface area (Å²) in [5.41, 5.74) is 0.194. The lowest BCUT2D eigenvalue weighted by molar-refractivity contribution is -0.139. The first-order valence-electron chi connectivity index (χ1n) is 10.6. The number of phosphoric ester groups is 1. The standard InChI is InChI=1S/C20H21F2N4O7PS/c1-10(2)32-34(29)30-8-13-16(33-34)20(21,22)18(31-13)26-6-5-15(25-19(26)28)24-17(27)11-3-4-12-14(7-11)35-9-23-12/h3-7,10,13,16,18,23H,8-9H2,1-2H3,(H,24,25,27,28)/t13-,16-,18?,34?/m1/s1. The van der Waals surface area contributed by atoms with E-state index in [0.29, 0.717) is 16.0 Å². The minimum atomic E-state index is -4.22. The molecule has 0 bridgehead atoms. The fraction of sp³-hybridized carbons (Fsp3) is 0.450. The van der Waals surface area contributed by atoms with E-state index in [-0.39, 0.29) is 5.82 Å². The Balaban J connectivity index is 1.33. The molecule has 0 saturated carbocycles. The molecule has 15 heteroatoms. The van der Waals surface area contributed by atoms with Crippen LogP contribution >= 0.6 is 19.6 Å². The highest BCUT2D eigenvalue weighted by molar-refractivity contribution is 7.99. The van der Waals surface area contributed by atoms with Gasteiger partial charge in [-0.15, -0.1) is 11.8 Å². The smallest absolute Gasteiger partial charge is 0.375 e. The van der Waals surface area contributed by atoms with Gasteiger partial charge in [0, 0.05) is 22.3 Å². The molecule has 35 heavy (non-hydrogen) atoms. The van der Waals surface area contributed by atoms with Gasteiger partial charge >= 0.3 is 19.4 Å². The number of phosphoric acid groups is 1. The summed E-state index contributed by atoms with van der Waals surface area (Å²) in [5.74, 6) is -3.67. The summed E-state index contributed by atoms with van der Waals surface area (Å²) in [4.78, 5) is 29.8. The van der Waals surface area contributed by atoms with E-state index in [9.17, 15) is 14.2 Å².